The van der Waals surface area contributed by atoms with E-state index in [4.69, 9.17) is 4.98 Å². The van der Waals surface area contributed by atoms with Gasteiger partial charge in [-0.25, -0.2) is 4.98 Å². The Balaban J connectivity index is 1.16. The third-order valence-corrected chi connectivity index (χ3v) is 7.32. The van der Waals surface area contributed by atoms with E-state index in [2.05, 4.69) is 24.9 Å². The fraction of sp³-hybridized carbons (Fsp3) is 0.600. The van der Waals surface area contributed by atoms with Crippen LogP contribution in [0.3, 0.4) is 0 Å². The van der Waals surface area contributed by atoms with E-state index >= 15 is 0 Å². The lowest BCUT2D eigenvalue weighted by Crippen LogP contribution is -2.55. The summed E-state index contributed by atoms with van der Waals surface area (Å²) in [7, 11) is 0. The highest BCUT2D eigenvalue weighted by atomic mass is 32.1. The summed E-state index contributed by atoms with van der Waals surface area (Å²) >= 11 is 1.68. The lowest BCUT2D eigenvalue weighted by atomic mass is 9.91. The summed E-state index contributed by atoms with van der Waals surface area (Å²) in [6, 6.07) is 4.62. The maximum atomic E-state index is 12.8. The highest BCUT2D eigenvalue weighted by Gasteiger charge is 2.30. The third kappa shape index (κ3) is 3.68. The molecule has 0 spiro atoms. The van der Waals surface area contributed by atoms with Crippen molar-refractivity contribution in [2.45, 2.75) is 38.3 Å². The molecule has 0 aromatic carbocycles. The first kappa shape index (κ1) is 18.1. The van der Waals surface area contributed by atoms with Crippen LogP contribution in [-0.4, -0.2) is 81.1 Å². The number of piperazine rings is 1. The van der Waals surface area contributed by atoms with Gasteiger partial charge in [0.05, 0.1) is 12.2 Å². The van der Waals surface area contributed by atoms with Crippen LogP contribution in [0.4, 0.5) is 0 Å². The van der Waals surface area contributed by atoms with Crippen LogP contribution in [0.15, 0.2) is 18.3 Å². The quantitative estimate of drug-likeness (QED) is 0.780. The van der Waals surface area contributed by atoms with Crippen LogP contribution in [0.25, 0.3) is 10.7 Å². The summed E-state index contributed by atoms with van der Waals surface area (Å²) in [6.07, 6.45) is 6.63. The van der Waals surface area contributed by atoms with Gasteiger partial charge in [-0.05, 0) is 25.0 Å². The molecule has 0 N–H and O–H groups in total. The SMILES string of the molecule is O=C(CN1CCc2nc(-c3cccnn3)sc2C1)N1CCN(C2CCC2)CC1. The van der Waals surface area contributed by atoms with Crippen LogP contribution in [0.1, 0.15) is 29.8 Å². The molecule has 0 atom stereocenters. The average molecular weight is 399 g/mol. The minimum Gasteiger partial charge on any atom is -0.339 e. The summed E-state index contributed by atoms with van der Waals surface area (Å²) in [4.78, 5) is 25.7. The number of amides is 1. The van der Waals surface area contributed by atoms with Gasteiger partial charge in [0.15, 0.2) is 0 Å². The molecule has 0 bridgehead atoms. The van der Waals surface area contributed by atoms with Crippen LogP contribution in [0, 0.1) is 0 Å². The molecular weight excluding hydrogens is 372 g/mol. The number of hydrogen-bond donors (Lipinski definition) is 0. The Morgan fingerprint density at radius 2 is 2.04 bits per heavy atom. The Labute approximate surface area is 169 Å². The number of aromatic nitrogens is 3. The maximum absolute atomic E-state index is 12.8. The Bertz CT molecular complexity index is 828. The molecule has 5 rings (SSSR count). The highest BCUT2D eigenvalue weighted by Crippen LogP contribution is 2.30. The van der Waals surface area contributed by atoms with Crippen molar-refractivity contribution in [1.29, 1.82) is 0 Å². The lowest BCUT2D eigenvalue weighted by Gasteiger charge is -2.43. The lowest BCUT2D eigenvalue weighted by molar-refractivity contribution is -0.135. The second kappa shape index (κ2) is 7.85. The number of thiazole rings is 1. The Morgan fingerprint density at radius 3 is 2.75 bits per heavy atom. The van der Waals surface area contributed by atoms with Crippen molar-refractivity contribution in [3.05, 3.63) is 28.9 Å². The van der Waals surface area contributed by atoms with Gasteiger partial charge in [-0.3, -0.25) is 14.6 Å². The van der Waals surface area contributed by atoms with Crippen molar-refractivity contribution < 1.29 is 4.79 Å². The van der Waals surface area contributed by atoms with Gasteiger partial charge in [0.25, 0.3) is 0 Å². The molecule has 2 aromatic rings. The molecule has 7 nitrogen and oxygen atoms in total. The largest absolute Gasteiger partial charge is 0.339 e. The average Bonchev–Trinajstić information content (AvgIpc) is 3.11. The van der Waals surface area contributed by atoms with E-state index in [1.807, 2.05) is 12.1 Å². The predicted molar refractivity (Wildman–Crippen MR) is 108 cm³/mol. The van der Waals surface area contributed by atoms with Crippen LogP contribution >= 0.6 is 11.3 Å². The molecule has 1 amide bonds. The van der Waals surface area contributed by atoms with Crippen molar-refractivity contribution in [2.24, 2.45) is 0 Å². The smallest absolute Gasteiger partial charge is 0.236 e. The number of rotatable bonds is 4. The molecule has 1 aliphatic carbocycles. The van der Waals surface area contributed by atoms with Crippen molar-refractivity contribution in [2.75, 3.05) is 39.3 Å². The zero-order valence-electron chi connectivity index (χ0n) is 16.1. The molecule has 2 aliphatic heterocycles. The molecule has 4 heterocycles. The number of carbonyl (C=O) groups excluding carboxylic acids is 1. The van der Waals surface area contributed by atoms with Gasteiger partial charge in [-0.2, -0.15) is 5.10 Å². The number of fused-ring (bicyclic) bond motifs is 1. The molecule has 1 saturated carbocycles. The van der Waals surface area contributed by atoms with Gasteiger partial charge < -0.3 is 4.90 Å². The summed E-state index contributed by atoms with van der Waals surface area (Å²) in [6.45, 7) is 6.05. The van der Waals surface area contributed by atoms with E-state index in [0.717, 1.165) is 68.1 Å². The van der Waals surface area contributed by atoms with E-state index in [9.17, 15) is 4.79 Å². The van der Waals surface area contributed by atoms with Gasteiger partial charge >= 0.3 is 0 Å². The molecular formula is C20H26N6OS. The fourth-order valence-corrected chi connectivity index (χ4v) is 5.40. The molecule has 1 saturated heterocycles. The first-order valence-corrected chi connectivity index (χ1v) is 11.1. The topological polar surface area (TPSA) is 65.5 Å². The van der Waals surface area contributed by atoms with Crippen molar-refractivity contribution in [3.63, 3.8) is 0 Å². The Hall–Kier alpha value is -1.90. The molecule has 148 valence electrons. The summed E-state index contributed by atoms with van der Waals surface area (Å²) in [5, 5.41) is 9.05. The minimum absolute atomic E-state index is 0.273. The number of carbonyl (C=O) groups is 1. The van der Waals surface area contributed by atoms with Gasteiger partial charge in [-0.15, -0.1) is 16.4 Å². The second-order valence-corrected chi connectivity index (χ2v) is 9.04. The second-order valence-electron chi connectivity index (χ2n) is 7.96. The summed E-state index contributed by atoms with van der Waals surface area (Å²) in [5.74, 6) is 0.273. The standard InChI is InChI=1S/C20H26N6OS/c27-19(26-11-9-25(10-12-26)15-3-1-4-15)14-24-8-6-16-18(13-24)28-20(22-16)17-5-2-7-21-23-17/h2,5,7,15H,1,3-4,6,8-14H2. The first-order valence-electron chi connectivity index (χ1n) is 10.3. The maximum Gasteiger partial charge on any atom is 0.236 e. The molecule has 2 aromatic heterocycles. The third-order valence-electron chi connectivity index (χ3n) is 6.22. The predicted octanol–water partition coefficient (Wildman–Crippen LogP) is 1.65. The molecule has 0 radical (unpaired) electrons. The first-order chi connectivity index (χ1) is 13.8. The van der Waals surface area contributed by atoms with Crippen LogP contribution in [0.2, 0.25) is 0 Å². The van der Waals surface area contributed by atoms with E-state index < -0.39 is 0 Å². The minimum atomic E-state index is 0.273. The Morgan fingerprint density at radius 1 is 1.18 bits per heavy atom. The van der Waals surface area contributed by atoms with Crippen LogP contribution < -0.4 is 0 Å². The van der Waals surface area contributed by atoms with Crippen LogP contribution in [-0.2, 0) is 17.8 Å². The molecule has 3 aliphatic rings. The summed E-state index contributed by atoms with van der Waals surface area (Å²) < 4.78 is 0. The van der Waals surface area contributed by atoms with Crippen molar-refractivity contribution in [3.8, 4) is 10.7 Å². The van der Waals surface area contributed by atoms with Gasteiger partial charge in [0, 0.05) is 62.8 Å². The van der Waals surface area contributed by atoms with E-state index in [1.54, 1.807) is 17.5 Å². The van der Waals surface area contributed by atoms with Gasteiger partial charge in [-0.1, -0.05) is 6.42 Å². The van der Waals surface area contributed by atoms with Gasteiger partial charge in [0.2, 0.25) is 5.91 Å². The van der Waals surface area contributed by atoms with E-state index in [1.165, 1.54) is 24.1 Å². The Kier molecular flexibility index (Phi) is 5.09. The van der Waals surface area contributed by atoms with Crippen molar-refractivity contribution in [1.82, 2.24) is 29.9 Å². The number of hydrogen-bond acceptors (Lipinski definition) is 7. The molecule has 2 fully saturated rings. The molecule has 8 heteroatoms. The van der Waals surface area contributed by atoms with E-state index in [-0.39, 0.29) is 5.91 Å². The summed E-state index contributed by atoms with van der Waals surface area (Å²) in [5.41, 5.74) is 1.98. The zero-order chi connectivity index (χ0) is 18.9. The molecule has 0 unspecified atom stereocenters. The normalized spacial score (nSPS) is 21.4. The monoisotopic (exact) mass is 398 g/mol. The highest BCUT2D eigenvalue weighted by molar-refractivity contribution is 7.15. The van der Waals surface area contributed by atoms with Crippen LogP contribution in [0.5, 0.6) is 0 Å². The van der Waals surface area contributed by atoms with E-state index in [0.29, 0.717) is 6.54 Å². The van der Waals surface area contributed by atoms with Gasteiger partial charge in [0.1, 0.15) is 10.7 Å². The zero-order valence-corrected chi connectivity index (χ0v) is 16.9. The molecule has 28 heavy (non-hydrogen) atoms. The number of nitrogens with zero attached hydrogens (tertiary/aromatic N) is 6. The van der Waals surface area contributed by atoms with Crippen molar-refractivity contribution >= 4 is 17.2 Å². The fourth-order valence-electron chi connectivity index (χ4n) is 4.29.